The Kier molecular flexibility index (Phi) is 8.08. The van der Waals surface area contributed by atoms with Crippen LogP contribution in [0.15, 0.2) is 59.8 Å². The first-order valence-electron chi connectivity index (χ1n) is 12.1. The van der Waals surface area contributed by atoms with Crippen molar-refractivity contribution >= 4 is 16.7 Å². The van der Waals surface area contributed by atoms with Gasteiger partial charge in [-0.05, 0) is 47.4 Å². The zero-order valence-corrected chi connectivity index (χ0v) is 21.7. The predicted octanol–water partition coefficient (Wildman–Crippen LogP) is 5.27. The molecule has 37 heavy (non-hydrogen) atoms. The Bertz CT molecular complexity index is 1280. The van der Waals surface area contributed by atoms with Crippen LogP contribution in [0.5, 0.6) is 0 Å². The van der Waals surface area contributed by atoms with Crippen LogP contribution in [0, 0.1) is 5.92 Å². The fraction of sp³-hybridized carbons (Fsp3) is 0.370. The molecule has 0 fully saturated rings. The average Bonchev–Trinajstić information content (AvgIpc) is 3.24. The van der Waals surface area contributed by atoms with Crippen molar-refractivity contribution < 1.29 is 22.2 Å². The molecule has 0 saturated carbocycles. The molecule has 3 aromatic rings. The Labute approximate surface area is 216 Å². The van der Waals surface area contributed by atoms with Crippen LogP contribution in [0.4, 0.5) is 13.2 Å². The van der Waals surface area contributed by atoms with Crippen LogP contribution in [0.25, 0.3) is 0 Å². The summed E-state index contributed by atoms with van der Waals surface area (Å²) in [6.07, 6.45) is -1.99. The fourth-order valence-electron chi connectivity index (χ4n) is 4.52. The Morgan fingerprint density at radius 2 is 1.86 bits per heavy atom. The molecular weight excluding hydrogens is 501 g/mol. The number of aromatic nitrogens is 2. The summed E-state index contributed by atoms with van der Waals surface area (Å²) in [4.78, 5) is 24.3. The Balaban J connectivity index is 1.44. The van der Waals surface area contributed by atoms with Crippen molar-refractivity contribution in [2.75, 3.05) is 5.75 Å². The number of hydrogen-bond donors (Lipinski definition) is 1. The van der Waals surface area contributed by atoms with Crippen molar-refractivity contribution in [3.05, 3.63) is 88.5 Å². The highest BCUT2D eigenvalue weighted by atomic mass is 32.2. The molecule has 1 aliphatic heterocycles. The van der Waals surface area contributed by atoms with Gasteiger partial charge in [0.2, 0.25) is 0 Å². The Morgan fingerprint density at radius 1 is 1.14 bits per heavy atom. The third-order valence-corrected chi connectivity index (χ3v) is 7.68. The monoisotopic (exact) mass is 530 g/mol. The molecule has 2 aromatic heterocycles. The Morgan fingerprint density at radius 3 is 2.46 bits per heavy atom. The number of alkyl halides is 3. The number of carbonyl (C=O) groups excluding carboxylic acids is 1. The van der Waals surface area contributed by atoms with Crippen LogP contribution < -0.4 is 5.32 Å². The highest BCUT2D eigenvalue weighted by Gasteiger charge is 2.35. The number of pyridine rings is 2. The van der Waals surface area contributed by atoms with E-state index in [9.17, 15) is 22.2 Å². The van der Waals surface area contributed by atoms with Gasteiger partial charge in [-0.2, -0.15) is 13.2 Å². The lowest BCUT2D eigenvalue weighted by molar-refractivity contribution is -0.137. The van der Waals surface area contributed by atoms with Crippen molar-refractivity contribution in [2.45, 2.75) is 57.5 Å². The molecule has 10 heteroatoms. The van der Waals surface area contributed by atoms with Crippen LogP contribution in [-0.4, -0.2) is 30.7 Å². The SMILES string of the molecule is CCS(=O)c1ccc(CNC(=O)c2cnc3c(c2)CN(Cc2ccc(C(F)(F)F)cn2)C3C(C)C)cc1. The zero-order valence-electron chi connectivity index (χ0n) is 20.9. The second kappa shape index (κ2) is 11.1. The van der Waals surface area contributed by atoms with Gasteiger partial charge in [0.05, 0.1) is 39.4 Å². The van der Waals surface area contributed by atoms with Crippen molar-refractivity contribution in [3.63, 3.8) is 0 Å². The van der Waals surface area contributed by atoms with Crippen LogP contribution >= 0.6 is 0 Å². The fourth-order valence-corrected chi connectivity index (χ4v) is 5.30. The first-order chi connectivity index (χ1) is 17.6. The number of nitrogens with zero attached hydrogens (tertiary/aromatic N) is 3. The minimum Gasteiger partial charge on any atom is -0.348 e. The zero-order chi connectivity index (χ0) is 26.7. The maximum atomic E-state index is 12.9. The minimum atomic E-state index is -4.42. The first kappa shape index (κ1) is 26.9. The van der Waals surface area contributed by atoms with Crippen molar-refractivity contribution in [1.82, 2.24) is 20.2 Å². The molecule has 1 aliphatic rings. The smallest absolute Gasteiger partial charge is 0.348 e. The lowest BCUT2D eigenvalue weighted by Gasteiger charge is -2.27. The summed E-state index contributed by atoms with van der Waals surface area (Å²) in [5.41, 5.74) is 2.90. The van der Waals surface area contributed by atoms with E-state index in [1.54, 1.807) is 6.20 Å². The van der Waals surface area contributed by atoms with Gasteiger partial charge >= 0.3 is 6.18 Å². The second-order valence-electron chi connectivity index (χ2n) is 9.36. The van der Waals surface area contributed by atoms with Gasteiger partial charge in [-0.25, -0.2) is 0 Å². The maximum absolute atomic E-state index is 12.9. The van der Waals surface area contributed by atoms with Crippen LogP contribution in [-0.2, 0) is 36.6 Å². The molecule has 6 nitrogen and oxygen atoms in total. The van der Waals surface area contributed by atoms with Gasteiger partial charge < -0.3 is 5.32 Å². The Hall–Kier alpha value is -3.11. The van der Waals surface area contributed by atoms with E-state index in [-0.39, 0.29) is 17.9 Å². The van der Waals surface area contributed by atoms with E-state index in [0.29, 0.717) is 36.6 Å². The van der Waals surface area contributed by atoms with Crippen LogP contribution in [0.1, 0.15) is 65.2 Å². The van der Waals surface area contributed by atoms with E-state index >= 15 is 0 Å². The summed E-state index contributed by atoms with van der Waals surface area (Å²) in [6, 6.07) is 11.6. The quantitative estimate of drug-likeness (QED) is 0.430. The van der Waals surface area contributed by atoms with Gasteiger partial charge in [-0.3, -0.25) is 23.9 Å². The summed E-state index contributed by atoms with van der Waals surface area (Å²) < 4.78 is 50.5. The molecule has 1 N–H and O–H groups in total. The van der Waals surface area contributed by atoms with E-state index in [2.05, 4.69) is 34.0 Å². The van der Waals surface area contributed by atoms with Gasteiger partial charge in [0.1, 0.15) is 0 Å². The molecule has 0 spiro atoms. The molecular formula is C27H29F3N4O2S. The average molecular weight is 531 g/mol. The summed E-state index contributed by atoms with van der Waals surface area (Å²) >= 11 is 0. The molecule has 196 valence electrons. The summed E-state index contributed by atoms with van der Waals surface area (Å²) in [5, 5.41) is 2.90. The second-order valence-corrected chi connectivity index (χ2v) is 11.1. The van der Waals surface area contributed by atoms with Crippen molar-refractivity contribution in [1.29, 1.82) is 0 Å². The van der Waals surface area contributed by atoms with E-state index in [0.717, 1.165) is 34.0 Å². The van der Waals surface area contributed by atoms with Gasteiger partial charge in [0.25, 0.3) is 5.91 Å². The topological polar surface area (TPSA) is 75.2 Å². The minimum absolute atomic E-state index is 0.0385. The van der Waals surface area contributed by atoms with Gasteiger partial charge in [-0.1, -0.05) is 32.9 Å². The molecule has 4 rings (SSSR count). The summed E-state index contributed by atoms with van der Waals surface area (Å²) in [6.45, 7) is 7.22. The van der Waals surface area contributed by atoms with Crippen LogP contribution in [0.2, 0.25) is 0 Å². The van der Waals surface area contributed by atoms with E-state index in [4.69, 9.17) is 0 Å². The third-order valence-electron chi connectivity index (χ3n) is 6.36. The standard InChI is InChI=1S/C27H29F3N4O2S/c1-4-37(36)23-9-5-18(6-10-23)12-33-26(35)19-11-20-15-34(25(17(2)3)24(20)32-13-19)16-22-8-7-21(14-31-22)27(28,29)30/h5-11,13-14,17,25H,4,12,15-16H2,1-3H3,(H,33,35). The van der Waals surface area contributed by atoms with Gasteiger partial charge in [-0.15, -0.1) is 0 Å². The number of halogens is 3. The van der Waals surface area contributed by atoms with Gasteiger partial charge in [0, 0.05) is 42.7 Å². The number of benzene rings is 1. The summed E-state index contributed by atoms with van der Waals surface area (Å²) in [5.74, 6) is 0.505. The number of carbonyl (C=O) groups is 1. The predicted molar refractivity (Wildman–Crippen MR) is 135 cm³/mol. The highest BCUT2D eigenvalue weighted by Crippen LogP contribution is 2.38. The van der Waals surface area contributed by atoms with Crippen LogP contribution in [0.3, 0.4) is 0 Å². The van der Waals surface area contributed by atoms with E-state index in [1.807, 2.05) is 37.3 Å². The molecule has 1 amide bonds. The number of nitrogens with one attached hydrogen (secondary N) is 1. The number of fused-ring (bicyclic) bond motifs is 1. The summed E-state index contributed by atoms with van der Waals surface area (Å²) in [7, 11) is -1.02. The number of rotatable bonds is 8. The van der Waals surface area contributed by atoms with Gasteiger partial charge in [0.15, 0.2) is 0 Å². The molecule has 1 aromatic carbocycles. The molecule has 2 atom stereocenters. The van der Waals surface area contributed by atoms with Crippen molar-refractivity contribution in [2.24, 2.45) is 5.92 Å². The lowest BCUT2D eigenvalue weighted by Crippen LogP contribution is -2.26. The first-order valence-corrected chi connectivity index (χ1v) is 13.4. The largest absolute Gasteiger partial charge is 0.417 e. The maximum Gasteiger partial charge on any atom is 0.417 e. The molecule has 0 radical (unpaired) electrons. The van der Waals surface area contributed by atoms with E-state index in [1.165, 1.54) is 6.07 Å². The number of hydrogen-bond acceptors (Lipinski definition) is 5. The van der Waals surface area contributed by atoms with Crippen molar-refractivity contribution in [3.8, 4) is 0 Å². The highest BCUT2D eigenvalue weighted by molar-refractivity contribution is 7.85. The van der Waals surface area contributed by atoms with E-state index < -0.39 is 22.5 Å². The molecule has 3 heterocycles. The number of amides is 1. The molecule has 2 unspecified atom stereocenters. The molecule has 0 saturated heterocycles. The third kappa shape index (κ3) is 6.24. The molecule has 0 aliphatic carbocycles. The molecule has 0 bridgehead atoms. The lowest BCUT2D eigenvalue weighted by atomic mass is 9.99. The normalized spacial score (nSPS) is 16.6.